The Labute approximate surface area is 218 Å². The molecule has 4 N–H and O–H groups in total. The third kappa shape index (κ3) is 4.37. The van der Waals surface area contributed by atoms with Gasteiger partial charge in [0, 0.05) is 33.7 Å². The number of nitrogens with two attached hydrogens (primary N) is 1. The largest absolute Gasteiger partial charge is 0.485 e. The first-order valence-corrected chi connectivity index (χ1v) is 12.8. The number of aliphatic hydroxyl groups excluding tert-OH is 1. The number of amides is 1. The van der Waals surface area contributed by atoms with Crippen LogP contribution in [0.2, 0.25) is 5.02 Å². The van der Waals surface area contributed by atoms with Gasteiger partial charge in [0.25, 0.3) is 5.91 Å². The number of Topliss-reactive ketones (excluding diaryl/α,β-unsaturated/α-hetero) is 1. The van der Waals surface area contributed by atoms with Crippen LogP contribution in [0, 0.1) is 0 Å². The molecule has 0 saturated heterocycles. The van der Waals surface area contributed by atoms with Crippen molar-refractivity contribution >= 4 is 45.0 Å². The lowest BCUT2D eigenvalue weighted by atomic mass is 9.76. The molecule has 1 amide bonds. The van der Waals surface area contributed by atoms with Crippen molar-refractivity contribution in [2.24, 2.45) is 5.73 Å². The van der Waals surface area contributed by atoms with Gasteiger partial charge in [0.05, 0.1) is 17.8 Å². The summed E-state index contributed by atoms with van der Waals surface area (Å²) in [5.74, 6) is -0.0930. The van der Waals surface area contributed by atoms with E-state index in [4.69, 9.17) is 22.1 Å². The van der Waals surface area contributed by atoms with E-state index in [2.05, 4.69) is 12.1 Å². The molecule has 7 nitrogen and oxygen atoms in total. The van der Waals surface area contributed by atoms with Crippen molar-refractivity contribution in [3.05, 3.63) is 76.4 Å². The minimum Gasteiger partial charge on any atom is -0.485 e. The third-order valence-corrected chi connectivity index (χ3v) is 7.89. The highest BCUT2D eigenvalue weighted by Gasteiger charge is 2.43. The van der Waals surface area contributed by atoms with Crippen LogP contribution >= 0.6 is 11.6 Å². The highest BCUT2D eigenvalue weighted by molar-refractivity contribution is 6.31. The van der Waals surface area contributed by atoms with Crippen LogP contribution in [0.1, 0.15) is 63.9 Å². The predicted molar refractivity (Wildman–Crippen MR) is 142 cm³/mol. The zero-order chi connectivity index (χ0) is 25.9. The van der Waals surface area contributed by atoms with E-state index >= 15 is 0 Å². The summed E-state index contributed by atoms with van der Waals surface area (Å²) in [6.07, 6.45) is 5.01. The molecule has 2 aliphatic rings. The average molecular weight is 519 g/mol. The van der Waals surface area contributed by atoms with Crippen LogP contribution in [0.3, 0.4) is 0 Å². The van der Waals surface area contributed by atoms with Crippen molar-refractivity contribution in [1.82, 2.24) is 4.57 Å². The van der Waals surface area contributed by atoms with Crippen LogP contribution in [0.5, 0.6) is 5.75 Å². The predicted octanol–water partition coefficient (Wildman–Crippen LogP) is 4.74. The summed E-state index contributed by atoms with van der Waals surface area (Å²) in [6.45, 7) is -0.552. The molecule has 0 atom stereocenters. The van der Waals surface area contributed by atoms with Crippen molar-refractivity contribution in [3.8, 4) is 5.75 Å². The van der Waals surface area contributed by atoms with Gasteiger partial charge in [0.2, 0.25) is 5.78 Å². The molecule has 6 rings (SSSR count). The molecule has 1 heterocycles. The minimum atomic E-state index is -1.08. The Morgan fingerprint density at radius 2 is 1.84 bits per heavy atom. The number of carbonyl (C=O) groups is 2. The molecule has 0 spiro atoms. The van der Waals surface area contributed by atoms with Crippen molar-refractivity contribution in [3.63, 3.8) is 0 Å². The summed E-state index contributed by atoms with van der Waals surface area (Å²) in [4.78, 5) is 25.5. The standard InChI is InChI=1S/C29H27ClN2O5/c30-20-5-3-18-10-27(23(28(31)35)8-19(18)7-20)37-14-26(34)24-13-32(21-11-29(36,12-21)15-33)25-9-17(16-1-2-16)4-6-22(24)25/h3-10,13,16,21,33,36H,1-2,11-12,14-15H2,(H2,31,35). The Balaban J connectivity index is 1.31. The van der Waals surface area contributed by atoms with Crippen LogP contribution in [-0.4, -0.2) is 45.3 Å². The van der Waals surface area contributed by atoms with Crippen LogP contribution < -0.4 is 10.5 Å². The lowest BCUT2D eigenvalue weighted by molar-refractivity contribution is -0.101. The van der Waals surface area contributed by atoms with Gasteiger partial charge in [-0.05, 0) is 78.3 Å². The normalized spacial score (nSPS) is 21.2. The maximum Gasteiger partial charge on any atom is 0.252 e. The molecule has 0 aliphatic heterocycles. The fourth-order valence-electron chi connectivity index (χ4n) is 5.39. The number of halogens is 1. The van der Waals surface area contributed by atoms with E-state index in [-0.39, 0.29) is 36.4 Å². The fraction of sp³-hybridized carbons (Fsp3) is 0.310. The molecule has 2 fully saturated rings. The van der Waals surface area contributed by atoms with Crippen LogP contribution in [0.15, 0.2) is 54.7 Å². The summed E-state index contributed by atoms with van der Waals surface area (Å²) in [7, 11) is 0. The second kappa shape index (κ2) is 8.87. The lowest BCUT2D eigenvalue weighted by Gasteiger charge is -2.43. The molecule has 4 aromatic rings. The fourth-order valence-corrected chi connectivity index (χ4v) is 5.57. The monoisotopic (exact) mass is 518 g/mol. The number of carbonyl (C=O) groups excluding carboxylic acids is 2. The number of rotatable bonds is 8. The SMILES string of the molecule is NC(=O)c1cc2cc(Cl)ccc2cc1OCC(=O)c1cn(C2CC(O)(CO)C2)c2cc(C3CC3)ccc12. The van der Waals surface area contributed by atoms with Crippen LogP contribution in [-0.2, 0) is 0 Å². The Morgan fingerprint density at radius 1 is 1.05 bits per heavy atom. The number of ether oxygens (including phenoxy) is 1. The first kappa shape index (κ1) is 24.0. The summed E-state index contributed by atoms with van der Waals surface area (Å²) in [5.41, 5.74) is 7.41. The van der Waals surface area contributed by atoms with E-state index in [0.717, 1.165) is 21.7 Å². The topological polar surface area (TPSA) is 115 Å². The quantitative estimate of drug-likeness (QED) is 0.291. The Morgan fingerprint density at radius 3 is 2.54 bits per heavy atom. The van der Waals surface area contributed by atoms with Gasteiger partial charge < -0.3 is 25.3 Å². The van der Waals surface area contributed by atoms with E-state index in [1.54, 1.807) is 24.3 Å². The van der Waals surface area contributed by atoms with Gasteiger partial charge in [0.1, 0.15) is 5.75 Å². The van der Waals surface area contributed by atoms with Gasteiger partial charge in [-0.15, -0.1) is 0 Å². The number of hydrogen-bond acceptors (Lipinski definition) is 5. The molecule has 8 heteroatoms. The highest BCUT2D eigenvalue weighted by Crippen LogP contribution is 2.45. The van der Waals surface area contributed by atoms with Crippen molar-refractivity contribution < 1.29 is 24.5 Å². The number of nitrogens with zero attached hydrogens (tertiary/aromatic N) is 1. The molecule has 2 saturated carbocycles. The second-order valence-corrected chi connectivity index (χ2v) is 10.8. The van der Waals surface area contributed by atoms with Gasteiger partial charge >= 0.3 is 0 Å². The van der Waals surface area contributed by atoms with E-state index < -0.39 is 11.5 Å². The number of hydrogen-bond donors (Lipinski definition) is 3. The first-order valence-electron chi connectivity index (χ1n) is 12.4. The number of benzene rings is 3. The molecule has 3 aromatic carbocycles. The van der Waals surface area contributed by atoms with Crippen molar-refractivity contribution in [1.29, 1.82) is 0 Å². The van der Waals surface area contributed by atoms with E-state index in [1.165, 1.54) is 18.4 Å². The number of aromatic nitrogens is 1. The molecule has 37 heavy (non-hydrogen) atoms. The summed E-state index contributed by atoms with van der Waals surface area (Å²) >= 11 is 6.08. The van der Waals surface area contributed by atoms with Crippen LogP contribution in [0.4, 0.5) is 0 Å². The maximum absolute atomic E-state index is 13.4. The zero-order valence-corrected chi connectivity index (χ0v) is 20.9. The molecule has 190 valence electrons. The number of ketones is 1. The molecule has 0 unspecified atom stereocenters. The molecular weight excluding hydrogens is 492 g/mol. The molecule has 0 bridgehead atoms. The number of aliphatic hydroxyl groups is 2. The van der Waals surface area contributed by atoms with E-state index in [1.807, 2.05) is 22.9 Å². The van der Waals surface area contributed by atoms with Crippen LogP contribution in [0.25, 0.3) is 21.7 Å². The zero-order valence-electron chi connectivity index (χ0n) is 20.1. The van der Waals surface area contributed by atoms with Gasteiger partial charge in [-0.3, -0.25) is 9.59 Å². The summed E-state index contributed by atoms with van der Waals surface area (Å²) in [5, 5.41) is 22.8. The Hall–Kier alpha value is -3.39. The Bertz CT molecular complexity index is 1570. The molecular formula is C29H27ClN2O5. The van der Waals surface area contributed by atoms with Crippen molar-refractivity contribution in [2.45, 2.75) is 43.2 Å². The number of primary amides is 1. The average Bonchev–Trinajstić information content (AvgIpc) is 3.65. The van der Waals surface area contributed by atoms with Crippen molar-refractivity contribution in [2.75, 3.05) is 13.2 Å². The highest BCUT2D eigenvalue weighted by atomic mass is 35.5. The minimum absolute atomic E-state index is 0.00894. The maximum atomic E-state index is 13.4. The third-order valence-electron chi connectivity index (χ3n) is 7.65. The summed E-state index contributed by atoms with van der Waals surface area (Å²) in [6, 6.07) is 14.8. The van der Waals surface area contributed by atoms with Gasteiger partial charge in [-0.1, -0.05) is 29.8 Å². The van der Waals surface area contributed by atoms with Gasteiger partial charge in [0.15, 0.2) is 6.61 Å². The molecule has 0 radical (unpaired) electrons. The molecule has 2 aliphatic carbocycles. The Kier molecular flexibility index (Phi) is 5.75. The van der Waals surface area contributed by atoms with E-state index in [9.17, 15) is 19.8 Å². The second-order valence-electron chi connectivity index (χ2n) is 10.4. The number of fused-ring (bicyclic) bond motifs is 2. The summed E-state index contributed by atoms with van der Waals surface area (Å²) < 4.78 is 7.92. The van der Waals surface area contributed by atoms with E-state index in [0.29, 0.717) is 29.3 Å². The lowest BCUT2D eigenvalue weighted by Crippen LogP contribution is -2.47. The smallest absolute Gasteiger partial charge is 0.252 e. The first-order chi connectivity index (χ1) is 17.7. The van der Waals surface area contributed by atoms with Gasteiger partial charge in [-0.2, -0.15) is 0 Å². The van der Waals surface area contributed by atoms with Gasteiger partial charge in [-0.25, -0.2) is 0 Å². The molecule has 1 aromatic heterocycles.